The number of likely N-dealkylation sites (N-methyl/N-ethyl adjacent to an activating group) is 1. The first kappa shape index (κ1) is 17.6. The average molecular weight is 335 g/mol. The molecule has 1 aromatic heterocycles. The summed E-state index contributed by atoms with van der Waals surface area (Å²) in [4.78, 5) is 18.6. The third-order valence-electron chi connectivity index (χ3n) is 3.61. The molecule has 1 heterocycles. The minimum Gasteiger partial charge on any atom is -0.354 e. The lowest BCUT2D eigenvalue weighted by atomic mass is 10.2. The highest BCUT2D eigenvalue weighted by Gasteiger charge is 2.09. The molecule has 0 aliphatic carbocycles. The molecular formula is C17H22FN3OS. The van der Waals surface area contributed by atoms with Crippen LogP contribution in [0.25, 0.3) is 10.6 Å². The summed E-state index contributed by atoms with van der Waals surface area (Å²) >= 11 is 1.42. The molecule has 23 heavy (non-hydrogen) atoms. The number of carbonyl (C=O) groups excluding carboxylic acids is 1. The van der Waals surface area contributed by atoms with Crippen LogP contribution in [0.5, 0.6) is 0 Å². The Hall–Kier alpha value is -1.79. The Labute approximate surface area is 140 Å². The minimum absolute atomic E-state index is 0.0340. The molecule has 1 aromatic carbocycles. The number of hydrogen-bond acceptors (Lipinski definition) is 4. The van der Waals surface area contributed by atoms with Crippen LogP contribution in [0.2, 0.25) is 0 Å². The van der Waals surface area contributed by atoms with Crippen molar-refractivity contribution < 1.29 is 9.18 Å². The molecule has 0 saturated heterocycles. The van der Waals surface area contributed by atoms with E-state index in [0.717, 1.165) is 35.9 Å². The molecule has 4 nitrogen and oxygen atoms in total. The van der Waals surface area contributed by atoms with Crippen molar-refractivity contribution in [3.8, 4) is 10.6 Å². The minimum atomic E-state index is -0.284. The van der Waals surface area contributed by atoms with Crippen LogP contribution >= 0.6 is 11.3 Å². The summed E-state index contributed by atoms with van der Waals surface area (Å²) in [6, 6.07) is 6.33. The van der Waals surface area contributed by atoms with Crippen molar-refractivity contribution in [2.45, 2.75) is 20.3 Å². The Morgan fingerprint density at radius 3 is 2.83 bits per heavy atom. The van der Waals surface area contributed by atoms with Gasteiger partial charge in [0.05, 0.1) is 12.1 Å². The van der Waals surface area contributed by atoms with E-state index in [9.17, 15) is 9.18 Å². The predicted molar refractivity (Wildman–Crippen MR) is 92.0 cm³/mol. The molecule has 1 amide bonds. The van der Waals surface area contributed by atoms with Crippen molar-refractivity contribution in [2.75, 3.05) is 26.2 Å². The predicted octanol–water partition coefficient (Wildman–Crippen LogP) is 2.95. The third kappa shape index (κ3) is 5.41. The van der Waals surface area contributed by atoms with Crippen LogP contribution in [-0.2, 0) is 11.2 Å². The van der Waals surface area contributed by atoms with E-state index in [4.69, 9.17) is 0 Å². The largest absolute Gasteiger partial charge is 0.354 e. The van der Waals surface area contributed by atoms with Crippen molar-refractivity contribution in [3.05, 3.63) is 41.2 Å². The van der Waals surface area contributed by atoms with Crippen molar-refractivity contribution in [2.24, 2.45) is 0 Å². The number of aromatic nitrogens is 1. The van der Waals surface area contributed by atoms with Crippen LogP contribution in [0.15, 0.2) is 29.6 Å². The Morgan fingerprint density at radius 1 is 1.35 bits per heavy atom. The lowest BCUT2D eigenvalue weighted by molar-refractivity contribution is -0.120. The Bertz CT molecular complexity index is 640. The molecule has 0 spiro atoms. The first-order chi connectivity index (χ1) is 11.1. The van der Waals surface area contributed by atoms with Crippen LogP contribution in [0.4, 0.5) is 4.39 Å². The molecule has 0 radical (unpaired) electrons. The molecule has 0 unspecified atom stereocenters. The molecule has 0 saturated carbocycles. The number of amides is 1. The quantitative estimate of drug-likeness (QED) is 0.807. The van der Waals surface area contributed by atoms with Gasteiger partial charge in [-0.2, -0.15) is 0 Å². The second-order valence-electron chi connectivity index (χ2n) is 5.21. The van der Waals surface area contributed by atoms with Crippen molar-refractivity contribution >= 4 is 17.2 Å². The van der Waals surface area contributed by atoms with Crippen molar-refractivity contribution in [3.63, 3.8) is 0 Å². The van der Waals surface area contributed by atoms with Gasteiger partial charge in [-0.15, -0.1) is 11.3 Å². The zero-order valence-electron chi connectivity index (χ0n) is 13.5. The second kappa shape index (κ2) is 8.74. The monoisotopic (exact) mass is 335 g/mol. The Kier molecular flexibility index (Phi) is 6.67. The number of benzene rings is 1. The lowest BCUT2D eigenvalue weighted by Crippen LogP contribution is -2.35. The highest BCUT2D eigenvalue weighted by molar-refractivity contribution is 7.13. The van der Waals surface area contributed by atoms with Crippen LogP contribution in [0.1, 0.15) is 19.5 Å². The topological polar surface area (TPSA) is 45.2 Å². The van der Waals surface area contributed by atoms with E-state index in [2.05, 4.69) is 29.0 Å². The highest BCUT2D eigenvalue weighted by atomic mass is 32.1. The zero-order valence-corrected chi connectivity index (χ0v) is 14.3. The molecule has 2 rings (SSSR count). The summed E-state index contributed by atoms with van der Waals surface area (Å²) < 4.78 is 13.2. The van der Waals surface area contributed by atoms with Gasteiger partial charge in [0.2, 0.25) is 5.91 Å². The number of thiazole rings is 1. The summed E-state index contributed by atoms with van der Waals surface area (Å²) in [6.07, 6.45) is 0.254. The molecule has 124 valence electrons. The van der Waals surface area contributed by atoms with Crippen molar-refractivity contribution in [1.29, 1.82) is 0 Å². The fourth-order valence-electron chi connectivity index (χ4n) is 2.26. The molecule has 0 bridgehead atoms. The number of nitrogens with one attached hydrogen (secondary N) is 1. The Balaban J connectivity index is 1.85. The van der Waals surface area contributed by atoms with Gasteiger partial charge in [-0.25, -0.2) is 9.37 Å². The molecule has 0 atom stereocenters. The van der Waals surface area contributed by atoms with Crippen LogP contribution < -0.4 is 5.32 Å². The van der Waals surface area contributed by atoms with Gasteiger partial charge in [0.15, 0.2) is 0 Å². The standard InChI is InChI=1S/C17H22FN3OS/c1-3-21(4-2)9-8-19-16(22)11-15-12-23-17(20-15)13-6-5-7-14(18)10-13/h5-7,10,12H,3-4,8-9,11H2,1-2H3,(H,19,22). The van der Waals surface area contributed by atoms with Crippen LogP contribution in [0, 0.1) is 5.82 Å². The first-order valence-electron chi connectivity index (χ1n) is 7.81. The third-order valence-corrected chi connectivity index (χ3v) is 4.55. The van der Waals surface area contributed by atoms with E-state index in [1.165, 1.54) is 23.5 Å². The van der Waals surface area contributed by atoms with E-state index < -0.39 is 0 Å². The molecule has 2 aromatic rings. The van der Waals surface area contributed by atoms with E-state index in [0.29, 0.717) is 6.54 Å². The van der Waals surface area contributed by atoms with E-state index >= 15 is 0 Å². The number of nitrogens with zero attached hydrogens (tertiary/aromatic N) is 2. The number of hydrogen-bond donors (Lipinski definition) is 1. The number of rotatable bonds is 8. The zero-order chi connectivity index (χ0) is 16.7. The lowest BCUT2D eigenvalue weighted by Gasteiger charge is -2.17. The number of carbonyl (C=O) groups is 1. The summed E-state index contributed by atoms with van der Waals surface area (Å²) in [5.41, 5.74) is 1.46. The molecule has 6 heteroatoms. The molecule has 0 aliphatic heterocycles. The molecule has 0 fully saturated rings. The fourth-order valence-corrected chi connectivity index (χ4v) is 3.08. The maximum Gasteiger partial charge on any atom is 0.226 e. The van der Waals surface area contributed by atoms with Crippen LogP contribution in [-0.4, -0.2) is 42.0 Å². The summed E-state index contributed by atoms with van der Waals surface area (Å²) in [6.45, 7) is 7.67. The summed E-state index contributed by atoms with van der Waals surface area (Å²) in [5, 5.41) is 5.50. The van der Waals surface area contributed by atoms with Crippen LogP contribution in [0.3, 0.4) is 0 Å². The first-order valence-corrected chi connectivity index (χ1v) is 8.69. The normalized spacial score (nSPS) is 11.0. The van der Waals surface area contributed by atoms with Gasteiger partial charge in [-0.3, -0.25) is 4.79 Å². The second-order valence-corrected chi connectivity index (χ2v) is 6.07. The van der Waals surface area contributed by atoms with E-state index in [1.54, 1.807) is 6.07 Å². The van der Waals surface area contributed by atoms with E-state index in [-0.39, 0.29) is 18.1 Å². The maximum atomic E-state index is 13.2. The summed E-state index contributed by atoms with van der Waals surface area (Å²) in [5.74, 6) is -0.318. The smallest absolute Gasteiger partial charge is 0.226 e. The van der Waals surface area contributed by atoms with Gasteiger partial charge in [0.1, 0.15) is 10.8 Å². The highest BCUT2D eigenvalue weighted by Crippen LogP contribution is 2.24. The molecular weight excluding hydrogens is 313 g/mol. The SMILES string of the molecule is CCN(CC)CCNC(=O)Cc1csc(-c2cccc(F)c2)n1. The van der Waals surface area contributed by atoms with Crippen molar-refractivity contribution in [1.82, 2.24) is 15.2 Å². The summed E-state index contributed by atoms with van der Waals surface area (Å²) in [7, 11) is 0. The van der Waals surface area contributed by atoms with Gasteiger partial charge >= 0.3 is 0 Å². The molecule has 0 aliphatic rings. The van der Waals surface area contributed by atoms with Gasteiger partial charge in [0.25, 0.3) is 0 Å². The fraction of sp³-hybridized carbons (Fsp3) is 0.412. The van der Waals surface area contributed by atoms with Gasteiger partial charge in [-0.05, 0) is 25.2 Å². The van der Waals surface area contributed by atoms with Gasteiger partial charge in [-0.1, -0.05) is 26.0 Å². The van der Waals surface area contributed by atoms with Gasteiger partial charge < -0.3 is 10.2 Å². The maximum absolute atomic E-state index is 13.2. The Morgan fingerprint density at radius 2 is 2.13 bits per heavy atom. The number of halogens is 1. The van der Waals surface area contributed by atoms with E-state index in [1.807, 2.05) is 11.4 Å². The average Bonchev–Trinajstić information content (AvgIpc) is 3.00. The molecule has 1 N–H and O–H groups in total. The van der Waals surface area contributed by atoms with Gasteiger partial charge in [0, 0.05) is 24.0 Å².